The molecule has 1 aliphatic heterocycles. The van der Waals surface area contributed by atoms with Crippen LogP contribution in [0.3, 0.4) is 0 Å². The zero-order valence-electron chi connectivity index (χ0n) is 14.5. The van der Waals surface area contributed by atoms with Gasteiger partial charge in [-0.05, 0) is 31.2 Å². The minimum absolute atomic E-state index is 0.0228. The van der Waals surface area contributed by atoms with Crippen LogP contribution in [0.15, 0.2) is 23.4 Å². The molecule has 0 aromatic carbocycles. The van der Waals surface area contributed by atoms with Gasteiger partial charge in [0.1, 0.15) is 24.5 Å². The lowest BCUT2D eigenvalue weighted by molar-refractivity contribution is -0.134. The summed E-state index contributed by atoms with van der Waals surface area (Å²) < 4.78 is 1.29. The maximum absolute atomic E-state index is 12.5. The molecule has 2 atom stereocenters. The van der Waals surface area contributed by atoms with E-state index in [4.69, 9.17) is 0 Å². The summed E-state index contributed by atoms with van der Waals surface area (Å²) in [6.07, 6.45) is 4.03. The molecule has 1 saturated heterocycles. The highest BCUT2D eigenvalue weighted by molar-refractivity contribution is 5.76. The average molecular weight is 345 g/mol. The normalized spacial score (nSPS) is 20.5. The smallest absolute Gasteiger partial charge is 0.343 e. The Morgan fingerprint density at radius 2 is 2.32 bits per heavy atom. The van der Waals surface area contributed by atoms with Gasteiger partial charge in [0.2, 0.25) is 5.91 Å². The molecule has 1 aliphatic rings. The number of nitrogens with one attached hydrogen (secondary N) is 2. The SMILES string of the molecule is Cc1nccc(NCC2CN(C(=O)Cn3cn[nH]c3=O)CCC2C)n1. The summed E-state index contributed by atoms with van der Waals surface area (Å²) in [6.45, 7) is 6.22. The van der Waals surface area contributed by atoms with Crippen molar-refractivity contribution in [2.75, 3.05) is 25.0 Å². The quantitative estimate of drug-likeness (QED) is 0.805. The third kappa shape index (κ3) is 4.23. The Bertz CT molecular complexity index is 785. The van der Waals surface area contributed by atoms with Gasteiger partial charge in [-0.1, -0.05) is 6.92 Å². The second-order valence-corrected chi connectivity index (χ2v) is 6.53. The highest BCUT2D eigenvalue weighted by atomic mass is 16.2. The number of rotatable bonds is 5. The molecule has 3 rings (SSSR count). The van der Waals surface area contributed by atoms with Crippen LogP contribution < -0.4 is 11.0 Å². The molecule has 1 amide bonds. The first kappa shape index (κ1) is 17.1. The van der Waals surface area contributed by atoms with E-state index in [1.165, 1.54) is 10.9 Å². The molecular formula is C16H23N7O2. The Hall–Kier alpha value is -2.71. The molecule has 134 valence electrons. The Balaban J connectivity index is 1.58. The van der Waals surface area contributed by atoms with Gasteiger partial charge in [-0.25, -0.2) is 19.9 Å². The number of H-pyrrole nitrogens is 1. The number of hydrogen-bond donors (Lipinski definition) is 2. The number of likely N-dealkylation sites (tertiary alicyclic amines) is 1. The van der Waals surface area contributed by atoms with E-state index in [-0.39, 0.29) is 18.1 Å². The zero-order chi connectivity index (χ0) is 17.8. The van der Waals surface area contributed by atoms with E-state index in [0.717, 1.165) is 31.2 Å². The van der Waals surface area contributed by atoms with Gasteiger partial charge in [-0.15, -0.1) is 0 Å². The second-order valence-electron chi connectivity index (χ2n) is 6.53. The van der Waals surface area contributed by atoms with Crippen molar-refractivity contribution >= 4 is 11.7 Å². The van der Waals surface area contributed by atoms with Crippen LogP contribution in [0.1, 0.15) is 19.2 Å². The predicted molar refractivity (Wildman–Crippen MR) is 92.0 cm³/mol. The predicted octanol–water partition coefficient (Wildman–Crippen LogP) is 0.267. The summed E-state index contributed by atoms with van der Waals surface area (Å²) >= 11 is 0. The van der Waals surface area contributed by atoms with Crippen molar-refractivity contribution in [2.24, 2.45) is 11.8 Å². The molecule has 0 bridgehead atoms. The largest absolute Gasteiger partial charge is 0.370 e. The van der Waals surface area contributed by atoms with Crippen LogP contribution in [0.2, 0.25) is 0 Å². The van der Waals surface area contributed by atoms with Crippen LogP contribution in [0.4, 0.5) is 5.82 Å². The van der Waals surface area contributed by atoms with Crippen LogP contribution in [0.25, 0.3) is 0 Å². The molecule has 2 aromatic heterocycles. The summed E-state index contributed by atoms with van der Waals surface area (Å²) in [6, 6.07) is 1.84. The summed E-state index contributed by atoms with van der Waals surface area (Å²) in [5.74, 6) is 2.31. The number of nitrogens with zero attached hydrogens (tertiary/aromatic N) is 5. The third-order valence-electron chi connectivity index (χ3n) is 4.71. The van der Waals surface area contributed by atoms with Gasteiger partial charge in [0.05, 0.1) is 0 Å². The fraction of sp³-hybridized carbons (Fsp3) is 0.562. The number of aromatic amines is 1. The highest BCUT2D eigenvalue weighted by Gasteiger charge is 2.29. The van der Waals surface area contributed by atoms with Gasteiger partial charge < -0.3 is 10.2 Å². The van der Waals surface area contributed by atoms with Gasteiger partial charge in [-0.2, -0.15) is 5.10 Å². The van der Waals surface area contributed by atoms with E-state index >= 15 is 0 Å². The van der Waals surface area contributed by atoms with Crippen LogP contribution in [-0.4, -0.2) is 55.2 Å². The van der Waals surface area contributed by atoms with Gasteiger partial charge in [0, 0.05) is 25.8 Å². The standard InChI is InChI=1S/C16H23N7O2/c1-11-4-6-22(15(24)9-23-10-19-21-16(23)25)8-13(11)7-18-14-3-5-17-12(2)20-14/h3,5,10-11,13H,4,6-9H2,1-2H3,(H,21,25)(H,17,18,20). The number of piperidine rings is 1. The van der Waals surface area contributed by atoms with Crippen LogP contribution in [0, 0.1) is 18.8 Å². The first-order valence-corrected chi connectivity index (χ1v) is 8.44. The second kappa shape index (κ2) is 7.45. The fourth-order valence-electron chi connectivity index (χ4n) is 3.06. The average Bonchev–Trinajstić information content (AvgIpc) is 2.99. The van der Waals surface area contributed by atoms with E-state index in [9.17, 15) is 9.59 Å². The van der Waals surface area contributed by atoms with Gasteiger partial charge in [0.15, 0.2) is 0 Å². The van der Waals surface area contributed by atoms with E-state index in [1.54, 1.807) is 6.20 Å². The van der Waals surface area contributed by atoms with E-state index in [0.29, 0.717) is 18.4 Å². The van der Waals surface area contributed by atoms with Crippen molar-refractivity contribution in [1.29, 1.82) is 0 Å². The Morgan fingerprint density at radius 3 is 3.04 bits per heavy atom. The van der Waals surface area contributed by atoms with Gasteiger partial charge in [-0.3, -0.25) is 9.36 Å². The molecule has 9 heteroatoms. The lowest BCUT2D eigenvalue weighted by atomic mass is 9.87. The molecule has 0 radical (unpaired) electrons. The molecule has 2 aromatic rings. The summed E-state index contributed by atoms with van der Waals surface area (Å²) in [5.41, 5.74) is -0.365. The van der Waals surface area contributed by atoms with Crippen molar-refractivity contribution in [3.8, 4) is 0 Å². The van der Waals surface area contributed by atoms with E-state index in [1.807, 2.05) is 17.9 Å². The zero-order valence-corrected chi connectivity index (χ0v) is 14.5. The minimum atomic E-state index is -0.365. The summed E-state index contributed by atoms with van der Waals surface area (Å²) in [4.78, 5) is 34.2. The molecule has 2 N–H and O–H groups in total. The molecular weight excluding hydrogens is 322 g/mol. The van der Waals surface area contributed by atoms with Crippen LogP contribution in [0.5, 0.6) is 0 Å². The van der Waals surface area contributed by atoms with Gasteiger partial charge in [0.25, 0.3) is 0 Å². The molecule has 0 saturated carbocycles. The van der Waals surface area contributed by atoms with Crippen molar-refractivity contribution < 1.29 is 4.79 Å². The Morgan fingerprint density at radius 1 is 1.48 bits per heavy atom. The Kier molecular flexibility index (Phi) is 5.11. The number of aromatic nitrogens is 5. The molecule has 2 unspecified atom stereocenters. The lowest BCUT2D eigenvalue weighted by Gasteiger charge is -2.37. The maximum atomic E-state index is 12.5. The first-order valence-electron chi connectivity index (χ1n) is 8.44. The number of hydrogen-bond acceptors (Lipinski definition) is 6. The monoisotopic (exact) mass is 345 g/mol. The summed E-state index contributed by atoms with van der Waals surface area (Å²) in [7, 11) is 0. The van der Waals surface area contributed by atoms with Crippen LogP contribution >= 0.6 is 0 Å². The van der Waals surface area contributed by atoms with Gasteiger partial charge >= 0.3 is 5.69 Å². The number of anilines is 1. The van der Waals surface area contributed by atoms with E-state index in [2.05, 4.69) is 32.4 Å². The van der Waals surface area contributed by atoms with Crippen molar-refractivity contribution in [2.45, 2.75) is 26.8 Å². The number of carbonyl (C=O) groups is 1. The fourth-order valence-corrected chi connectivity index (χ4v) is 3.06. The van der Waals surface area contributed by atoms with Crippen molar-refractivity contribution in [3.63, 3.8) is 0 Å². The lowest BCUT2D eigenvalue weighted by Crippen LogP contribution is -2.46. The summed E-state index contributed by atoms with van der Waals surface area (Å²) in [5, 5.41) is 9.29. The van der Waals surface area contributed by atoms with E-state index < -0.39 is 0 Å². The minimum Gasteiger partial charge on any atom is -0.370 e. The molecule has 3 heterocycles. The maximum Gasteiger partial charge on any atom is 0.343 e. The first-order chi connectivity index (χ1) is 12.0. The molecule has 9 nitrogen and oxygen atoms in total. The third-order valence-corrected chi connectivity index (χ3v) is 4.71. The van der Waals surface area contributed by atoms with Crippen molar-refractivity contribution in [1.82, 2.24) is 29.6 Å². The number of aryl methyl sites for hydroxylation is 1. The topological polar surface area (TPSA) is 109 Å². The van der Waals surface area contributed by atoms with Crippen LogP contribution in [-0.2, 0) is 11.3 Å². The number of amides is 1. The molecule has 1 fully saturated rings. The highest BCUT2D eigenvalue weighted by Crippen LogP contribution is 2.23. The number of carbonyl (C=O) groups excluding carboxylic acids is 1. The molecule has 25 heavy (non-hydrogen) atoms. The molecule has 0 aliphatic carbocycles. The van der Waals surface area contributed by atoms with Crippen molar-refractivity contribution in [3.05, 3.63) is 34.9 Å². The molecule has 0 spiro atoms. The Labute approximate surface area is 145 Å².